The van der Waals surface area contributed by atoms with E-state index in [2.05, 4.69) is 32.6 Å². The van der Waals surface area contributed by atoms with Gasteiger partial charge in [0.25, 0.3) is 0 Å². The summed E-state index contributed by atoms with van der Waals surface area (Å²) in [5.41, 5.74) is 7.48. The summed E-state index contributed by atoms with van der Waals surface area (Å²) in [6, 6.07) is 7.49. The second-order valence-corrected chi connectivity index (χ2v) is 5.73. The predicted octanol–water partition coefficient (Wildman–Crippen LogP) is 2.81. The van der Waals surface area contributed by atoms with Crippen molar-refractivity contribution in [2.75, 3.05) is 18.8 Å². The molecule has 102 valence electrons. The van der Waals surface area contributed by atoms with Crippen molar-refractivity contribution in [1.82, 2.24) is 4.90 Å². The quantitative estimate of drug-likeness (QED) is 0.790. The maximum absolute atomic E-state index is 10.2. The highest BCUT2D eigenvalue weighted by Crippen LogP contribution is 2.21. The summed E-state index contributed by atoms with van der Waals surface area (Å²) in [6.45, 7) is 10.6. The predicted molar refractivity (Wildman–Crippen MR) is 77.4 cm³/mol. The molecule has 0 saturated carbocycles. The summed E-state index contributed by atoms with van der Waals surface area (Å²) in [7, 11) is 0. The topological polar surface area (TPSA) is 49.5 Å². The number of nitrogen functional groups attached to an aromatic ring is 1. The largest absolute Gasteiger partial charge is 0.399 e. The van der Waals surface area contributed by atoms with Crippen molar-refractivity contribution < 1.29 is 5.11 Å². The lowest BCUT2D eigenvalue weighted by Gasteiger charge is -2.35. The Balaban J connectivity index is 2.58. The first-order valence-electron chi connectivity index (χ1n) is 6.63. The third kappa shape index (κ3) is 4.31. The zero-order chi connectivity index (χ0) is 13.8. The van der Waals surface area contributed by atoms with Gasteiger partial charge in [0.2, 0.25) is 0 Å². The van der Waals surface area contributed by atoms with Gasteiger partial charge in [-0.1, -0.05) is 19.1 Å². The van der Waals surface area contributed by atoms with E-state index in [0.29, 0.717) is 5.69 Å². The zero-order valence-corrected chi connectivity index (χ0v) is 12.0. The summed E-state index contributed by atoms with van der Waals surface area (Å²) < 4.78 is 0. The van der Waals surface area contributed by atoms with Crippen molar-refractivity contribution >= 4 is 5.69 Å². The SMILES string of the molecule is CCN(CCC(O)c1cccc(N)c1)C(C)(C)C. The van der Waals surface area contributed by atoms with Crippen molar-refractivity contribution in [2.24, 2.45) is 0 Å². The van der Waals surface area contributed by atoms with E-state index in [-0.39, 0.29) is 5.54 Å². The van der Waals surface area contributed by atoms with Crippen molar-refractivity contribution in [3.05, 3.63) is 29.8 Å². The Kier molecular flexibility index (Phi) is 5.17. The summed E-state index contributed by atoms with van der Waals surface area (Å²) >= 11 is 0. The van der Waals surface area contributed by atoms with Crippen LogP contribution in [0.25, 0.3) is 0 Å². The van der Waals surface area contributed by atoms with Crippen molar-refractivity contribution in [1.29, 1.82) is 0 Å². The molecule has 0 spiro atoms. The van der Waals surface area contributed by atoms with E-state index >= 15 is 0 Å². The average Bonchev–Trinajstić information content (AvgIpc) is 2.27. The number of aliphatic hydroxyl groups excluding tert-OH is 1. The minimum atomic E-state index is -0.440. The van der Waals surface area contributed by atoms with Gasteiger partial charge >= 0.3 is 0 Å². The van der Waals surface area contributed by atoms with Crippen LogP contribution in [0.5, 0.6) is 0 Å². The highest BCUT2D eigenvalue weighted by molar-refractivity contribution is 5.41. The average molecular weight is 250 g/mol. The summed E-state index contributed by atoms with van der Waals surface area (Å²) in [4.78, 5) is 2.36. The maximum atomic E-state index is 10.2. The van der Waals surface area contributed by atoms with Crippen LogP contribution in [-0.2, 0) is 0 Å². The molecule has 1 atom stereocenters. The van der Waals surface area contributed by atoms with Gasteiger partial charge in [-0.3, -0.25) is 4.90 Å². The molecule has 1 aromatic carbocycles. The molecule has 3 nitrogen and oxygen atoms in total. The van der Waals surface area contributed by atoms with Crippen LogP contribution in [0.1, 0.15) is 45.8 Å². The second-order valence-electron chi connectivity index (χ2n) is 5.73. The monoisotopic (exact) mass is 250 g/mol. The molecule has 1 rings (SSSR count). The molecule has 3 N–H and O–H groups in total. The maximum Gasteiger partial charge on any atom is 0.0803 e. The van der Waals surface area contributed by atoms with Gasteiger partial charge in [0.1, 0.15) is 0 Å². The van der Waals surface area contributed by atoms with E-state index in [9.17, 15) is 5.11 Å². The van der Waals surface area contributed by atoms with E-state index in [1.807, 2.05) is 24.3 Å². The van der Waals surface area contributed by atoms with Gasteiger partial charge < -0.3 is 10.8 Å². The Morgan fingerprint density at radius 1 is 1.33 bits per heavy atom. The standard InChI is InChI=1S/C15H26N2O/c1-5-17(15(2,3)4)10-9-14(18)12-7-6-8-13(16)11-12/h6-8,11,14,18H,5,9-10,16H2,1-4H3. The van der Waals surface area contributed by atoms with Gasteiger partial charge in [-0.2, -0.15) is 0 Å². The molecule has 3 heteroatoms. The number of hydrogen-bond acceptors (Lipinski definition) is 3. The van der Waals surface area contributed by atoms with E-state index in [1.54, 1.807) is 0 Å². The fraction of sp³-hybridized carbons (Fsp3) is 0.600. The van der Waals surface area contributed by atoms with E-state index in [1.165, 1.54) is 0 Å². The number of anilines is 1. The molecule has 0 aliphatic heterocycles. The van der Waals surface area contributed by atoms with Gasteiger partial charge in [-0.25, -0.2) is 0 Å². The smallest absolute Gasteiger partial charge is 0.0803 e. The molecule has 0 heterocycles. The number of hydrogen-bond donors (Lipinski definition) is 2. The van der Waals surface area contributed by atoms with Crippen LogP contribution in [0, 0.1) is 0 Å². The second kappa shape index (κ2) is 6.21. The summed E-state index contributed by atoms with van der Waals surface area (Å²) in [6.07, 6.45) is 0.291. The highest BCUT2D eigenvalue weighted by atomic mass is 16.3. The number of nitrogens with zero attached hydrogens (tertiary/aromatic N) is 1. The summed E-state index contributed by atoms with van der Waals surface area (Å²) in [5.74, 6) is 0. The van der Waals surface area contributed by atoms with Gasteiger partial charge in [0.15, 0.2) is 0 Å². The lowest BCUT2D eigenvalue weighted by atomic mass is 10.0. The first-order chi connectivity index (χ1) is 8.34. The first kappa shape index (κ1) is 15.0. The molecular weight excluding hydrogens is 224 g/mol. The van der Waals surface area contributed by atoms with Crippen LogP contribution in [0.3, 0.4) is 0 Å². The third-order valence-electron chi connectivity index (χ3n) is 3.30. The van der Waals surface area contributed by atoms with E-state index < -0.39 is 6.10 Å². The molecule has 0 fully saturated rings. The van der Waals surface area contributed by atoms with Gasteiger partial charge in [-0.15, -0.1) is 0 Å². The lowest BCUT2D eigenvalue weighted by molar-refractivity contribution is 0.0997. The fourth-order valence-corrected chi connectivity index (χ4v) is 2.18. The first-order valence-corrected chi connectivity index (χ1v) is 6.63. The van der Waals surface area contributed by atoms with Gasteiger partial charge in [0.05, 0.1) is 6.10 Å². The van der Waals surface area contributed by atoms with Crippen LogP contribution >= 0.6 is 0 Å². The summed E-state index contributed by atoms with van der Waals surface area (Å²) in [5, 5.41) is 10.2. The van der Waals surface area contributed by atoms with Crippen molar-refractivity contribution in [2.45, 2.75) is 45.8 Å². The fourth-order valence-electron chi connectivity index (χ4n) is 2.18. The van der Waals surface area contributed by atoms with Gasteiger partial charge in [-0.05, 0) is 51.4 Å². The molecular formula is C15H26N2O. The van der Waals surface area contributed by atoms with Gasteiger partial charge in [0, 0.05) is 17.8 Å². The Bertz CT molecular complexity index is 371. The van der Waals surface area contributed by atoms with Crippen LogP contribution in [-0.4, -0.2) is 28.6 Å². The Morgan fingerprint density at radius 2 is 2.00 bits per heavy atom. The van der Waals surface area contributed by atoms with Crippen molar-refractivity contribution in [3.63, 3.8) is 0 Å². The zero-order valence-electron chi connectivity index (χ0n) is 12.0. The minimum absolute atomic E-state index is 0.143. The minimum Gasteiger partial charge on any atom is -0.399 e. The molecule has 0 saturated heterocycles. The molecule has 0 bridgehead atoms. The molecule has 0 amide bonds. The molecule has 1 unspecified atom stereocenters. The van der Waals surface area contributed by atoms with Crippen LogP contribution in [0.2, 0.25) is 0 Å². The number of nitrogens with two attached hydrogens (primary N) is 1. The molecule has 0 radical (unpaired) electrons. The Morgan fingerprint density at radius 3 is 2.50 bits per heavy atom. The molecule has 0 aliphatic carbocycles. The normalized spacial score (nSPS) is 13.9. The number of rotatable bonds is 5. The third-order valence-corrected chi connectivity index (χ3v) is 3.30. The van der Waals surface area contributed by atoms with Crippen LogP contribution in [0.15, 0.2) is 24.3 Å². The van der Waals surface area contributed by atoms with Crippen molar-refractivity contribution in [3.8, 4) is 0 Å². The number of aliphatic hydroxyl groups is 1. The highest BCUT2D eigenvalue weighted by Gasteiger charge is 2.20. The molecule has 1 aromatic rings. The van der Waals surface area contributed by atoms with Crippen LogP contribution < -0.4 is 5.73 Å². The molecule has 18 heavy (non-hydrogen) atoms. The Hall–Kier alpha value is -1.06. The lowest BCUT2D eigenvalue weighted by Crippen LogP contribution is -2.42. The Labute approximate surface area is 111 Å². The van der Waals surface area contributed by atoms with E-state index in [4.69, 9.17) is 5.73 Å². The van der Waals surface area contributed by atoms with E-state index in [0.717, 1.165) is 25.1 Å². The molecule has 0 aliphatic rings. The molecule has 0 aromatic heterocycles. The van der Waals surface area contributed by atoms with Crippen LogP contribution in [0.4, 0.5) is 5.69 Å². The number of benzene rings is 1.